The molecule has 0 radical (unpaired) electrons. The van der Waals surface area contributed by atoms with E-state index in [2.05, 4.69) is 5.10 Å². The molecule has 0 N–H and O–H groups in total. The van der Waals surface area contributed by atoms with Crippen molar-refractivity contribution in [2.75, 3.05) is 13.1 Å². The standard InChI is InChI=1S/C15H20N4O2/c1-17-12(4-6-16-17)15(21)18-7-5-11-13(18)8-14(20)19(11)9-10-2-3-10/h4,6,10-11,13H,2-3,5,7-9H2,1H3. The molecule has 112 valence electrons. The van der Waals surface area contributed by atoms with Crippen LogP contribution < -0.4 is 0 Å². The lowest BCUT2D eigenvalue weighted by Gasteiger charge is -2.25. The Morgan fingerprint density at radius 3 is 2.81 bits per heavy atom. The van der Waals surface area contributed by atoms with Crippen molar-refractivity contribution in [1.29, 1.82) is 0 Å². The Morgan fingerprint density at radius 2 is 2.14 bits per heavy atom. The maximum absolute atomic E-state index is 12.7. The van der Waals surface area contributed by atoms with E-state index in [9.17, 15) is 9.59 Å². The summed E-state index contributed by atoms with van der Waals surface area (Å²) in [4.78, 5) is 28.8. The van der Waals surface area contributed by atoms with Crippen LogP contribution in [0, 0.1) is 5.92 Å². The zero-order chi connectivity index (χ0) is 14.6. The normalized spacial score (nSPS) is 28.3. The minimum atomic E-state index is 0.00331. The topological polar surface area (TPSA) is 58.4 Å². The van der Waals surface area contributed by atoms with Gasteiger partial charge in [-0.25, -0.2) is 0 Å². The molecule has 3 aliphatic rings. The fourth-order valence-corrected chi connectivity index (χ4v) is 3.73. The molecule has 21 heavy (non-hydrogen) atoms. The van der Waals surface area contributed by atoms with Crippen molar-refractivity contribution < 1.29 is 9.59 Å². The minimum absolute atomic E-state index is 0.00331. The number of nitrogens with zero attached hydrogens (tertiary/aromatic N) is 4. The van der Waals surface area contributed by atoms with Crippen LogP contribution in [0.25, 0.3) is 0 Å². The molecular formula is C15H20N4O2. The van der Waals surface area contributed by atoms with Crippen molar-refractivity contribution >= 4 is 11.8 Å². The summed E-state index contributed by atoms with van der Waals surface area (Å²) in [6.45, 7) is 1.64. The second kappa shape index (κ2) is 4.58. The molecule has 2 aliphatic heterocycles. The number of likely N-dealkylation sites (tertiary alicyclic amines) is 2. The number of carbonyl (C=O) groups is 2. The van der Waals surface area contributed by atoms with Crippen molar-refractivity contribution in [2.45, 2.75) is 37.8 Å². The van der Waals surface area contributed by atoms with Crippen LogP contribution in [-0.2, 0) is 11.8 Å². The SMILES string of the molecule is Cn1nccc1C(=O)N1CCC2C1CC(=O)N2CC1CC1. The summed E-state index contributed by atoms with van der Waals surface area (Å²) in [5, 5.41) is 4.06. The van der Waals surface area contributed by atoms with Crippen LogP contribution in [-0.4, -0.2) is 56.6 Å². The minimum Gasteiger partial charge on any atom is -0.337 e. The van der Waals surface area contributed by atoms with Gasteiger partial charge in [0.25, 0.3) is 5.91 Å². The van der Waals surface area contributed by atoms with Crippen LogP contribution in [0.5, 0.6) is 0 Å². The predicted molar refractivity (Wildman–Crippen MR) is 75.5 cm³/mol. The monoisotopic (exact) mass is 288 g/mol. The number of aromatic nitrogens is 2. The van der Waals surface area contributed by atoms with E-state index in [1.165, 1.54) is 12.8 Å². The molecule has 1 aliphatic carbocycles. The molecule has 0 spiro atoms. The van der Waals surface area contributed by atoms with Gasteiger partial charge in [0.2, 0.25) is 5.91 Å². The van der Waals surface area contributed by atoms with Gasteiger partial charge in [0.15, 0.2) is 0 Å². The van der Waals surface area contributed by atoms with Crippen LogP contribution in [0.4, 0.5) is 0 Å². The summed E-state index contributed by atoms with van der Waals surface area (Å²) < 4.78 is 1.61. The molecule has 2 saturated heterocycles. The molecule has 2 amide bonds. The fraction of sp³-hybridized carbons (Fsp3) is 0.667. The smallest absolute Gasteiger partial charge is 0.272 e. The third-order valence-electron chi connectivity index (χ3n) is 5.07. The summed E-state index contributed by atoms with van der Waals surface area (Å²) in [7, 11) is 1.78. The van der Waals surface area contributed by atoms with Crippen LogP contribution in [0.2, 0.25) is 0 Å². The van der Waals surface area contributed by atoms with Gasteiger partial charge in [-0.1, -0.05) is 0 Å². The Kier molecular flexibility index (Phi) is 2.80. The Labute approximate surface area is 123 Å². The highest BCUT2D eigenvalue weighted by atomic mass is 16.2. The summed E-state index contributed by atoms with van der Waals surface area (Å²) in [5.74, 6) is 0.928. The zero-order valence-corrected chi connectivity index (χ0v) is 12.2. The van der Waals surface area contributed by atoms with E-state index in [1.807, 2.05) is 9.80 Å². The summed E-state index contributed by atoms with van der Waals surface area (Å²) >= 11 is 0. The van der Waals surface area contributed by atoms with Crippen LogP contribution in [0.3, 0.4) is 0 Å². The van der Waals surface area contributed by atoms with Crippen LogP contribution in [0.15, 0.2) is 12.3 Å². The quantitative estimate of drug-likeness (QED) is 0.820. The van der Waals surface area contributed by atoms with Crippen molar-refractivity contribution in [1.82, 2.24) is 19.6 Å². The molecule has 6 heteroatoms. The maximum Gasteiger partial charge on any atom is 0.272 e. The molecule has 0 bridgehead atoms. The van der Waals surface area contributed by atoms with Crippen molar-refractivity contribution in [3.63, 3.8) is 0 Å². The van der Waals surface area contributed by atoms with E-state index in [0.29, 0.717) is 18.0 Å². The van der Waals surface area contributed by atoms with Gasteiger partial charge in [0.1, 0.15) is 5.69 Å². The van der Waals surface area contributed by atoms with E-state index in [1.54, 1.807) is 24.0 Å². The summed E-state index contributed by atoms with van der Waals surface area (Å²) in [6.07, 6.45) is 5.53. The molecule has 4 rings (SSSR count). The molecule has 1 aromatic heterocycles. The average Bonchev–Trinajstić information content (AvgIpc) is 2.90. The van der Waals surface area contributed by atoms with Crippen molar-refractivity contribution in [3.8, 4) is 0 Å². The van der Waals surface area contributed by atoms with Gasteiger partial charge < -0.3 is 9.80 Å². The lowest BCUT2D eigenvalue weighted by Crippen LogP contribution is -2.41. The van der Waals surface area contributed by atoms with Gasteiger partial charge in [-0.3, -0.25) is 14.3 Å². The maximum atomic E-state index is 12.7. The molecule has 2 unspecified atom stereocenters. The van der Waals surface area contributed by atoms with Crippen molar-refractivity contribution in [2.24, 2.45) is 13.0 Å². The molecule has 3 fully saturated rings. The van der Waals surface area contributed by atoms with Gasteiger partial charge in [-0.15, -0.1) is 0 Å². The predicted octanol–water partition coefficient (Wildman–Crippen LogP) is 0.645. The van der Waals surface area contributed by atoms with Crippen molar-refractivity contribution in [3.05, 3.63) is 18.0 Å². The first-order valence-corrected chi connectivity index (χ1v) is 7.73. The molecular weight excluding hydrogens is 268 g/mol. The number of carbonyl (C=O) groups excluding carboxylic acids is 2. The zero-order valence-electron chi connectivity index (χ0n) is 12.2. The Morgan fingerprint density at radius 1 is 1.33 bits per heavy atom. The lowest BCUT2D eigenvalue weighted by molar-refractivity contribution is -0.129. The van der Waals surface area contributed by atoms with Crippen LogP contribution >= 0.6 is 0 Å². The summed E-state index contributed by atoms with van der Waals surface area (Å²) in [6, 6.07) is 2.03. The highest BCUT2D eigenvalue weighted by molar-refractivity contribution is 5.94. The van der Waals surface area contributed by atoms with E-state index in [0.717, 1.165) is 19.5 Å². The van der Waals surface area contributed by atoms with Gasteiger partial charge in [-0.05, 0) is 31.2 Å². The number of rotatable bonds is 3. The molecule has 3 heterocycles. The Balaban J connectivity index is 1.53. The molecule has 1 aromatic rings. The fourth-order valence-electron chi connectivity index (χ4n) is 3.73. The van der Waals surface area contributed by atoms with E-state index < -0.39 is 0 Å². The number of hydrogen-bond acceptors (Lipinski definition) is 3. The first-order chi connectivity index (χ1) is 10.1. The molecule has 1 saturated carbocycles. The first-order valence-electron chi connectivity index (χ1n) is 7.73. The Hall–Kier alpha value is -1.85. The number of aryl methyl sites for hydroxylation is 1. The molecule has 0 aromatic carbocycles. The Bertz CT molecular complexity index is 592. The summed E-state index contributed by atoms with van der Waals surface area (Å²) in [5.41, 5.74) is 0.601. The highest BCUT2D eigenvalue weighted by Gasteiger charge is 2.49. The number of amides is 2. The second-order valence-electron chi connectivity index (χ2n) is 6.46. The molecule has 6 nitrogen and oxygen atoms in total. The lowest BCUT2D eigenvalue weighted by atomic mass is 10.1. The largest absolute Gasteiger partial charge is 0.337 e. The van der Waals surface area contributed by atoms with E-state index >= 15 is 0 Å². The van der Waals surface area contributed by atoms with E-state index in [4.69, 9.17) is 0 Å². The second-order valence-corrected chi connectivity index (χ2v) is 6.46. The van der Waals surface area contributed by atoms with Gasteiger partial charge in [0, 0.05) is 32.8 Å². The highest BCUT2D eigenvalue weighted by Crippen LogP contribution is 2.37. The molecule has 2 atom stereocenters. The third-order valence-corrected chi connectivity index (χ3v) is 5.07. The van der Waals surface area contributed by atoms with Gasteiger partial charge in [-0.2, -0.15) is 5.10 Å². The number of hydrogen-bond donors (Lipinski definition) is 0. The van der Waals surface area contributed by atoms with Crippen LogP contribution in [0.1, 0.15) is 36.2 Å². The first kappa shape index (κ1) is 12.9. The van der Waals surface area contributed by atoms with Gasteiger partial charge in [0.05, 0.1) is 12.1 Å². The van der Waals surface area contributed by atoms with Gasteiger partial charge >= 0.3 is 0 Å². The van der Waals surface area contributed by atoms with E-state index in [-0.39, 0.29) is 23.9 Å². The number of fused-ring (bicyclic) bond motifs is 1. The average molecular weight is 288 g/mol. The third kappa shape index (κ3) is 2.04.